The number of hydrogen-bond acceptors (Lipinski definition) is 5. The van der Waals surface area contributed by atoms with Crippen LogP contribution >= 0.6 is 0 Å². The van der Waals surface area contributed by atoms with Crippen LogP contribution < -0.4 is 4.74 Å². The van der Waals surface area contributed by atoms with Crippen molar-refractivity contribution < 1.29 is 32.5 Å². The lowest BCUT2D eigenvalue weighted by Crippen LogP contribution is -2.76. The molecule has 0 radical (unpaired) electrons. The van der Waals surface area contributed by atoms with Crippen LogP contribution in [0.15, 0.2) is 55.1 Å². The average Bonchev–Trinajstić information content (AvgIpc) is 3.23. The van der Waals surface area contributed by atoms with Crippen molar-refractivity contribution in [2.45, 2.75) is 62.2 Å². The minimum absolute atomic E-state index is 0.108. The third-order valence-corrected chi connectivity index (χ3v) is 7.51. The van der Waals surface area contributed by atoms with Gasteiger partial charge in [-0.05, 0) is 68.4 Å². The predicted molar refractivity (Wildman–Crippen MR) is 121 cm³/mol. The van der Waals surface area contributed by atoms with Crippen molar-refractivity contribution in [2.24, 2.45) is 5.41 Å². The molecule has 0 saturated heterocycles. The first-order valence-electron chi connectivity index (χ1n) is 11.6. The van der Waals surface area contributed by atoms with Gasteiger partial charge in [-0.1, -0.05) is 12.1 Å². The summed E-state index contributed by atoms with van der Waals surface area (Å²) in [6.07, 6.45) is 2.62. The van der Waals surface area contributed by atoms with Gasteiger partial charge in [0.2, 0.25) is 0 Å². The summed E-state index contributed by atoms with van der Waals surface area (Å²) in [5.41, 5.74) is -5.77. The molecule has 0 amide bonds. The Morgan fingerprint density at radius 2 is 1.69 bits per heavy atom. The highest BCUT2D eigenvalue weighted by atomic mass is 19.3. The number of aliphatic hydroxyl groups is 2. The monoisotopic (exact) mass is 505 g/mol. The van der Waals surface area contributed by atoms with E-state index in [0.717, 1.165) is 35.0 Å². The van der Waals surface area contributed by atoms with Crippen LogP contribution in [-0.4, -0.2) is 43.1 Å². The Labute approximate surface area is 205 Å². The molecule has 1 aromatic heterocycles. The number of ether oxygens (including phenoxy) is 1. The summed E-state index contributed by atoms with van der Waals surface area (Å²) < 4.78 is 67.3. The van der Waals surface area contributed by atoms with Gasteiger partial charge < -0.3 is 14.9 Å². The summed E-state index contributed by atoms with van der Waals surface area (Å²) in [7, 11) is 0. The Morgan fingerprint density at radius 1 is 1.03 bits per heavy atom. The predicted octanol–water partition coefficient (Wildman–Crippen LogP) is 4.35. The van der Waals surface area contributed by atoms with Crippen molar-refractivity contribution in [3.8, 4) is 5.75 Å². The van der Waals surface area contributed by atoms with Gasteiger partial charge >= 0.3 is 0 Å². The molecule has 1 heterocycles. The zero-order chi connectivity index (χ0) is 26.0. The van der Waals surface area contributed by atoms with Crippen molar-refractivity contribution in [1.29, 1.82) is 0 Å². The minimum Gasteiger partial charge on any atom is -0.491 e. The maximum Gasteiger partial charge on any atom is 0.287 e. The molecule has 3 saturated carbocycles. The highest BCUT2D eigenvalue weighted by molar-refractivity contribution is 5.44. The van der Waals surface area contributed by atoms with Gasteiger partial charge in [0.15, 0.2) is 5.60 Å². The van der Waals surface area contributed by atoms with Gasteiger partial charge in [-0.25, -0.2) is 27.2 Å². The van der Waals surface area contributed by atoms with Crippen LogP contribution in [0, 0.1) is 17.0 Å². The van der Waals surface area contributed by atoms with Crippen molar-refractivity contribution in [3.63, 3.8) is 0 Å². The molecule has 0 unspecified atom stereocenters. The highest BCUT2D eigenvalue weighted by Gasteiger charge is 2.82. The van der Waals surface area contributed by atoms with Gasteiger partial charge in [0.05, 0.1) is 12.1 Å². The molecule has 2 aromatic carbocycles. The molecular formula is C26H27F4N3O3. The van der Waals surface area contributed by atoms with Gasteiger partial charge in [0, 0.05) is 17.0 Å². The number of aromatic nitrogens is 3. The maximum atomic E-state index is 16.2. The lowest BCUT2D eigenvalue weighted by molar-refractivity contribution is -0.347. The molecule has 0 aliphatic heterocycles. The molecule has 3 aromatic rings. The van der Waals surface area contributed by atoms with E-state index in [0.29, 0.717) is 11.8 Å². The summed E-state index contributed by atoms with van der Waals surface area (Å²) in [6, 6.07) is 9.32. The molecule has 3 aliphatic rings. The van der Waals surface area contributed by atoms with Crippen LogP contribution in [0.5, 0.6) is 5.75 Å². The van der Waals surface area contributed by atoms with Crippen LogP contribution in [0.3, 0.4) is 0 Å². The molecule has 0 spiro atoms. The minimum atomic E-state index is -3.75. The topological polar surface area (TPSA) is 80.4 Å². The summed E-state index contributed by atoms with van der Waals surface area (Å²) in [5, 5.41) is 25.1. The number of nitrogens with zero attached hydrogens (tertiary/aromatic N) is 3. The Bertz CT molecular complexity index is 1240. The van der Waals surface area contributed by atoms with Gasteiger partial charge in [-0.3, -0.25) is 0 Å². The van der Waals surface area contributed by atoms with Gasteiger partial charge in [0.1, 0.15) is 36.6 Å². The molecule has 10 heteroatoms. The Hall–Kier alpha value is -2.98. The molecule has 2 bridgehead atoms. The Balaban J connectivity index is 1.39. The third-order valence-electron chi connectivity index (χ3n) is 7.51. The van der Waals surface area contributed by atoms with Crippen LogP contribution in [0.25, 0.3) is 0 Å². The van der Waals surface area contributed by atoms with E-state index in [4.69, 9.17) is 4.74 Å². The zero-order valence-corrected chi connectivity index (χ0v) is 19.9. The molecule has 6 rings (SSSR count). The zero-order valence-electron chi connectivity index (χ0n) is 19.9. The molecule has 192 valence electrons. The molecule has 1 atom stereocenters. The van der Waals surface area contributed by atoms with Crippen LogP contribution in [0.2, 0.25) is 0 Å². The van der Waals surface area contributed by atoms with Crippen molar-refractivity contribution >= 4 is 0 Å². The molecular weight excluding hydrogens is 478 g/mol. The van der Waals surface area contributed by atoms with Crippen molar-refractivity contribution in [2.75, 3.05) is 6.61 Å². The number of hydrogen-bond donors (Lipinski definition) is 2. The molecule has 3 fully saturated rings. The summed E-state index contributed by atoms with van der Waals surface area (Å²) in [6.45, 7) is 2.62. The van der Waals surface area contributed by atoms with Gasteiger partial charge in [-0.2, -0.15) is 5.10 Å². The van der Waals surface area contributed by atoms with Gasteiger partial charge in [-0.15, -0.1) is 0 Å². The largest absolute Gasteiger partial charge is 0.491 e. The number of alkyl halides is 2. The van der Waals surface area contributed by atoms with E-state index >= 15 is 8.78 Å². The van der Waals surface area contributed by atoms with E-state index in [1.165, 1.54) is 0 Å². The fraction of sp³-hybridized carbons (Fsp3) is 0.462. The summed E-state index contributed by atoms with van der Waals surface area (Å²) in [4.78, 5) is 3.73. The van der Waals surface area contributed by atoms with Crippen LogP contribution in [-0.2, 0) is 17.6 Å². The second-order valence-corrected chi connectivity index (χ2v) is 10.9. The third kappa shape index (κ3) is 3.78. The summed E-state index contributed by atoms with van der Waals surface area (Å²) >= 11 is 0. The smallest absolute Gasteiger partial charge is 0.287 e. The fourth-order valence-electron chi connectivity index (χ4n) is 5.76. The average molecular weight is 506 g/mol. The molecule has 2 N–H and O–H groups in total. The van der Waals surface area contributed by atoms with Crippen LogP contribution in [0.1, 0.15) is 44.2 Å². The lowest BCUT2D eigenvalue weighted by atomic mass is 9.30. The van der Waals surface area contributed by atoms with E-state index in [2.05, 4.69) is 10.1 Å². The number of rotatable bonds is 9. The van der Waals surface area contributed by atoms with Crippen LogP contribution in [0.4, 0.5) is 17.6 Å². The maximum absolute atomic E-state index is 16.2. The van der Waals surface area contributed by atoms with Crippen molar-refractivity contribution in [3.05, 3.63) is 77.9 Å². The highest BCUT2D eigenvalue weighted by Crippen LogP contribution is 2.80. The molecule has 36 heavy (non-hydrogen) atoms. The standard InChI is InChI=1S/C26H27F4N3O3/c1-22(2,34)14-36-19-6-3-17(4-7-19)23-10-24(11-23,12-23)26(29,30)25(35,13-33-16-31-15-32-33)20-8-5-18(27)9-21(20)28/h3-9,15-16,34-35H,10-14H2,1-2H3/t23?,24?,25-/m1/s1. The van der Waals surface area contributed by atoms with E-state index in [1.54, 1.807) is 26.0 Å². The number of halogens is 4. The second kappa shape index (κ2) is 8.01. The van der Waals surface area contributed by atoms with Gasteiger partial charge in [0.25, 0.3) is 5.92 Å². The first-order valence-corrected chi connectivity index (χ1v) is 11.6. The SMILES string of the molecule is CC(C)(O)COc1ccc(C23CC(C(F)(F)[C@@](O)(Cn4cncn4)c4ccc(F)cc4F)(C2)C3)cc1. The molecule has 6 nitrogen and oxygen atoms in total. The van der Waals surface area contributed by atoms with E-state index < -0.39 is 51.7 Å². The van der Waals surface area contributed by atoms with E-state index in [9.17, 15) is 19.0 Å². The second-order valence-electron chi connectivity index (χ2n) is 10.9. The fourth-order valence-corrected chi connectivity index (χ4v) is 5.76. The van der Waals surface area contributed by atoms with Crippen molar-refractivity contribution in [1.82, 2.24) is 14.8 Å². The van der Waals surface area contributed by atoms with E-state index in [-0.39, 0.29) is 25.9 Å². The normalized spacial score (nSPS) is 25.0. The van der Waals surface area contributed by atoms with E-state index in [1.807, 2.05) is 12.1 Å². The first-order chi connectivity index (χ1) is 16.8. The lowest BCUT2D eigenvalue weighted by Gasteiger charge is -2.74. The quantitative estimate of drug-likeness (QED) is 0.423. The Kier molecular flexibility index (Phi) is 5.50. The Morgan fingerprint density at radius 3 is 2.25 bits per heavy atom. The summed E-state index contributed by atoms with van der Waals surface area (Å²) in [5.74, 6) is -5.37. The number of benzene rings is 2. The first kappa shape index (κ1) is 24.7. The molecule has 3 aliphatic carbocycles.